The Kier molecular flexibility index (Phi) is 4.26. The topological polar surface area (TPSA) is 80.0 Å². The van der Waals surface area contributed by atoms with Gasteiger partial charge in [-0.2, -0.15) is 0 Å². The number of nitrogens with zero attached hydrogens (tertiary/aromatic N) is 1. The van der Waals surface area contributed by atoms with Gasteiger partial charge in [-0.1, -0.05) is 24.3 Å². The second-order valence-corrected chi connectivity index (χ2v) is 6.50. The Morgan fingerprint density at radius 2 is 2.04 bits per heavy atom. The third kappa shape index (κ3) is 2.99. The molecule has 2 aromatic carbocycles. The molecule has 1 aliphatic heterocycles. The van der Waals surface area contributed by atoms with Crippen LogP contribution in [0.1, 0.15) is 21.8 Å². The number of fused-ring (bicyclic) bond motifs is 1. The molecule has 1 aliphatic rings. The Balaban J connectivity index is 1.68. The van der Waals surface area contributed by atoms with Crippen molar-refractivity contribution in [3.8, 4) is 0 Å². The summed E-state index contributed by atoms with van der Waals surface area (Å²) in [6.07, 6.45) is 1.66. The van der Waals surface area contributed by atoms with Gasteiger partial charge in [0.1, 0.15) is 5.82 Å². The normalized spacial score (nSPS) is 19.6. The molecular formula is C20H19FN4O. The standard InChI is InChI=1S/C20H19FN4O/c21-13-4-1-3-12(9-13)16-10-23-11-18(16)25-17-7-8-24-19-14(17)5-2-6-15(19)20(22)26/h1-9,16,18,23H,10-11H2,(H2,22,26)(H,24,25). The zero-order chi connectivity index (χ0) is 18.1. The molecule has 1 amide bonds. The summed E-state index contributed by atoms with van der Waals surface area (Å²) >= 11 is 0. The van der Waals surface area contributed by atoms with E-state index in [0.717, 1.165) is 29.7 Å². The van der Waals surface area contributed by atoms with Gasteiger partial charge in [0.2, 0.25) is 0 Å². The number of anilines is 1. The first kappa shape index (κ1) is 16.5. The van der Waals surface area contributed by atoms with Crippen molar-refractivity contribution in [2.45, 2.75) is 12.0 Å². The van der Waals surface area contributed by atoms with Gasteiger partial charge in [-0.25, -0.2) is 4.39 Å². The van der Waals surface area contributed by atoms with Gasteiger partial charge in [0.25, 0.3) is 5.91 Å². The van der Waals surface area contributed by atoms with Crippen molar-refractivity contribution in [3.05, 3.63) is 71.7 Å². The van der Waals surface area contributed by atoms with Gasteiger partial charge in [-0.15, -0.1) is 0 Å². The Bertz CT molecular complexity index is 975. The molecule has 4 N–H and O–H groups in total. The molecule has 0 spiro atoms. The van der Waals surface area contributed by atoms with E-state index in [1.165, 1.54) is 6.07 Å². The van der Waals surface area contributed by atoms with Crippen molar-refractivity contribution < 1.29 is 9.18 Å². The highest BCUT2D eigenvalue weighted by Gasteiger charge is 2.29. The van der Waals surface area contributed by atoms with Crippen molar-refractivity contribution in [1.29, 1.82) is 0 Å². The van der Waals surface area contributed by atoms with Crippen molar-refractivity contribution in [2.24, 2.45) is 5.73 Å². The number of hydrogen-bond donors (Lipinski definition) is 3. The van der Waals surface area contributed by atoms with Crippen molar-refractivity contribution in [2.75, 3.05) is 18.4 Å². The molecule has 1 fully saturated rings. The maximum absolute atomic E-state index is 13.6. The number of hydrogen-bond acceptors (Lipinski definition) is 4. The van der Waals surface area contributed by atoms with Gasteiger partial charge in [0.15, 0.2) is 0 Å². The van der Waals surface area contributed by atoms with Gasteiger partial charge < -0.3 is 16.4 Å². The molecule has 0 bridgehead atoms. The van der Waals surface area contributed by atoms with Crippen molar-refractivity contribution >= 4 is 22.5 Å². The van der Waals surface area contributed by atoms with Crippen LogP contribution in [-0.4, -0.2) is 30.0 Å². The number of nitrogens with two attached hydrogens (primary N) is 1. The minimum Gasteiger partial charge on any atom is -0.380 e. The van der Waals surface area contributed by atoms with Gasteiger partial charge in [-0.05, 0) is 29.8 Å². The van der Waals surface area contributed by atoms with Gasteiger partial charge in [0, 0.05) is 42.3 Å². The number of aromatic nitrogens is 1. The highest BCUT2D eigenvalue weighted by Crippen LogP contribution is 2.30. The summed E-state index contributed by atoms with van der Waals surface area (Å²) in [6.45, 7) is 1.54. The summed E-state index contributed by atoms with van der Waals surface area (Å²) in [6, 6.07) is 14.1. The van der Waals surface area contributed by atoms with Crippen LogP contribution in [-0.2, 0) is 0 Å². The number of carbonyl (C=O) groups is 1. The Morgan fingerprint density at radius 1 is 1.19 bits per heavy atom. The van der Waals surface area contributed by atoms with Crippen LogP contribution in [0, 0.1) is 5.82 Å². The lowest BCUT2D eigenvalue weighted by molar-refractivity contribution is 0.100. The molecule has 2 atom stereocenters. The second-order valence-electron chi connectivity index (χ2n) is 6.50. The average Bonchev–Trinajstić information content (AvgIpc) is 3.09. The first-order chi connectivity index (χ1) is 12.6. The molecular weight excluding hydrogens is 331 g/mol. The minimum atomic E-state index is -0.500. The third-order valence-electron chi connectivity index (χ3n) is 4.87. The zero-order valence-corrected chi connectivity index (χ0v) is 14.1. The fraction of sp³-hybridized carbons (Fsp3) is 0.200. The quantitative estimate of drug-likeness (QED) is 0.676. The summed E-state index contributed by atoms with van der Waals surface area (Å²) in [5, 5.41) is 7.75. The van der Waals surface area contributed by atoms with Crippen LogP contribution in [0.2, 0.25) is 0 Å². The van der Waals surface area contributed by atoms with Crippen LogP contribution in [0.3, 0.4) is 0 Å². The molecule has 1 saturated heterocycles. The molecule has 1 aromatic heterocycles. The molecule has 0 saturated carbocycles. The predicted molar refractivity (Wildman–Crippen MR) is 99.7 cm³/mol. The van der Waals surface area contributed by atoms with Crippen molar-refractivity contribution in [3.63, 3.8) is 0 Å². The van der Waals surface area contributed by atoms with Crippen LogP contribution in [0.25, 0.3) is 10.9 Å². The van der Waals surface area contributed by atoms with Crippen LogP contribution < -0.4 is 16.4 Å². The lowest BCUT2D eigenvalue weighted by Crippen LogP contribution is -2.27. The highest BCUT2D eigenvalue weighted by molar-refractivity contribution is 6.07. The molecule has 5 nitrogen and oxygen atoms in total. The van der Waals surface area contributed by atoms with E-state index in [1.54, 1.807) is 30.5 Å². The maximum Gasteiger partial charge on any atom is 0.250 e. The SMILES string of the molecule is NC(=O)c1cccc2c(NC3CNCC3c3cccc(F)c3)ccnc12. The lowest BCUT2D eigenvalue weighted by Gasteiger charge is -2.22. The Morgan fingerprint density at radius 3 is 2.85 bits per heavy atom. The van der Waals surface area contributed by atoms with Crippen LogP contribution in [0.4, 0.5) is 10.1 Å². The van der Waals surface area contributed by atoms with Crippen molar-refractivity contribution in [1.82, 2.24) is 10.3 Å². The smallest absolute Gasteiger partial charge is 0.250 e. The van der Waals surface area contributed by atoms with E-state index in [2.05, 4.69) is 15.6 Å². The number of benzene rings is 2. The molecule has 132 valence electrons. The molecule has 26 heavy (non-hydrogen) atoms. The first-order valence-electron chi connectivity index (χ1n) is 8.54. The molecule has 3 aromatic rings. The number of rotatable bonds is 4. The summed E-state index contributed by atoms with van der Waals surface area (Å²) in [5.41, 5.74) is 8.29. The number of halogens is 1. The number of nitrogens with one attached hydrogen (secondary N) is 2. The molecule has 6 heteroatoms. The molecule has 4 rings (SSSR count). The first-order valence-corrected chi connectivity index (χ1v) is 8.54. The summed E-state index contributed by atoms with van der Waals surface area (Å²) in [5.74, 6) is -0.581. The number of pyridine rings is 1. The fourth-order valence-corrected chi connectivity index (χ4v) is 3.62. The van der Waals surface area contributed by atoms with E-state index in [1.807, 2.05) is 18.2 Å². The monoisotopic (exact) mass is 350 g/mol. The van der Waals surface area contributed by atoms with Gasteiger partial charge in [0.05, 0.1) is 11.1 Å². The second kappa shape index (κ2) is 6.72. The number of primary amides is 1. The van der Waals surface area contributed by atoms with E-state index in [0.29, 0.717) is 11.1 Å². The zero-order valence-electron chi connectivity index (χ0n) is 14.1. The Hall–Kier alpha value is -2.99. The molecule has 2 heterocycles. The van der Waals surface area contributed by atoms with Gasteiger partial charge >= 0.3 is 0 Å². The van der Waals surface area contributed by atoms with E-state index in [-0.39, 0.29) is 17.8 Å². The third-order valence-corrected chi connectivity index (χ3v) is 4.87. The Labute approximate surface area is 150 Å². The maximum atomic E-state index is 13.6. The average molecular weight is 350 g/mol. The number of carbonyl (C=O) groups excluding carboxylic acids is 1. The van der Waals surface area contributed by atoms with Crippen LogP contribution in [0.15, 0.2) is 54.7 Å². The van der Waals surface area contributed by atoms with Gasteiger partial charge in [-0.3, -0.25) is 9.78 Å². The fourth-order valence-electron chi connectivity index (χ4n) is 3.62. The van der Waals surface area contributed by atoms with E-state index in [4.69, 9.17) is 5.73 Å². The molecule has 0 aliphatic carbocycles. The highest BCUT2D eigenvalue weighted by atomic mass is 19.1. The van der Waals surface area contributed by atoms with E-state index in [9.17, 15) is 9.18 Å². The number of amides is 1. The largest absolute Gasteiger partial charge is 0.380 e. The minimum absolute atomic E-state index is 0.0969. The summed E-state index contributed by atoms with van der Waals surface area (Å²) in [7, 11) is 0. The van der Waals surface area contributed by atoms with E-state index < -0.39 is 5.91 Å². The lowest BCUT2D eigenvalue weighted by atomic mass is 9.94. The van der Waals surface area contributed by atoms with E-state index >= 15 is 0 Å². The van der Waals surface area contributed by atoms with Crippen LogP contribution >= 0.6 is 0 Å². The summed E-state index contributed by atoms with van der Waals surface area (Å²) in [4.78, 5) is 16.0. The molecule has 2 unspecified atom stereocenters. The number of para-hydroxylation sites is 1. The predicted octanol–water partition coefficient (Wildman–Crippen LogP) is 2.64. The van der Waals surface area contributed by atoms with Crippen LogP contribution in [0.5, 0.6) is 0 Å². The summed E-state index contributed by atoms with van der Waals surface area (Å²) < 4.78 is 13.6. The molecule has 0 radical (unpaired) electrons.